The molecule has 1 atom stereocenters. The summed E-state index contributed by atoms with van der Waals surface area (Å²) in [5.74, 6) is 0.182. The summed E-state index contributed by atoms with van der Waals surface area (Å²) < 4.78 is 5.68. The molecule has 4 heteroatoms. The molecule has 1 rings (SSSR count). The maximum Gasteiger partial charge on any atom is 0.222 e. The van der Waals surface area contributed by atoms with Crippen LogP contribution in [-0.4, -0.2) is 47.3 Å². The molecular weight excluding hydrogens is 218 g/mol. The SMILES string of the molecule is CCC(=O)N(CCCO)[C@@H]1CCOC(C)(C)C1. The van der Waals surface area contributed by atoms with Gasteiger partial charge >= 0.3 is 0 Å². The lowest BCUT2D eigenvalue weighted by atomic mass is 9.92. The Bertz CT molecular complexity index is 253. The number of amides is 1. The van der Waals surface area contributed by atoms with E-state index in [9.17, 15) is 4.79 Å². The van der Waals surface area contributed by atoms with Crippen LogP contribution in [-0.2, 0) is 9.53 Å². The van der Waals surface area contributed by atoms with Crippen LogP contribution in [0.5, 0.6) is 0 Å². The number of ether oxygens (including phenoxy) is 1. The van der Waals surface area contributed by atoms with Gasteiger partial charge in [0.15, 0.2) is 0 Å². The molecule has 100 valence electrons. The fraction of sp³-hybridized carbons (Fsp3) is 0.923. The Kier molecular flexibility index (Phi) is 5.40. The quantitative estimate of drug-likeness (QED) is 0.797. The van der Waals surface area contributed by atoms with Crippen LogP contribution >= 0.6 is 0 Å². The molecule has 0 aromatic heterocycles. The lowest BCUT2D eigenvalue weighted by molar-refractivity contribution is -0.140. The lowest BCUT2D eigenvalue weighted by Crippen LogP contribution is -2.48. The van der Waals surface area contributed by atoms with Crippen LogP contribution in [0.4, 0.5) is 0 Å². The molecule has 0 aromatic carbocycles. The smallest absolute Gasteiger partial charge is 0.222 e. The van der Waals surface area contributed by atoms with Crippen molar-refractivity contribution in [2.45, 2.75) is 58.1 Å². The number of hydrogen-bond donors (Lipinski definition) is 1. The first kappa shape index (κ1) is 14.5. The molecule has 4 nitrogen and oxygen atoms in total. The monoisotopic (exact) mass is 243 g/mol. The molecule has 0 radical (unpaired) electrons. The van der Waals surface area contributed by atoms with E-state index in [-0.39, 0.29) is 24.2 Å². The summed E-state index contributed by atoms with van der Waals surface area (Å²) >= 11 is 0. The normalized spacial score (nSPS) is 23.4. The Hall–Kier alpha value is -0.610. The number of nitrogens with zero attached hydrogens (tertiary/aromatic N) is 1. The molecule has 1 fully saturated rings. The summed E-state index contributed by atoms with van der Waals surface area (Å²) in [5.41, 5.74) is -0.144. The molecule has 0 bridgehead atoms. The van der Waals surface area contributed by atoms with Crippen molar-refractivity contribution in [2.75, 3.05) is 19.8 Å². The molecule has 0 spiro atoms. The third-order valence-corrected chi connectivity index (χ3v) is 3.29. The summed E-state index contributed by atoms with van der Waals surface area (Å²) in [7, 11) is 0. The van der Waals surface area contributed by atoms with Gasteiger partial charge in [-0.3, -0.25) is 4.79 Å². The fourth-order valence-corrected chi connectivity index (χ4v) is 2.42. The zero-order valence-electron chi connectivity index (χ0n) is 11.2. The average molecular weight is 243 g/mol. The number of hydrogen-bond acceptors (Lipinski definition) is 3. The van der Waals surface area contributed by atoms with Gasteiger partial charge in [-0.1, -0.05) is 6.92 Å². The highest BCUT2D eigenvalue weighted by Crippen LogP contribution is 2.27. The second-order valence-corrected chi connectivity index (χ2v) is 5.27. The predicted octanol–water partition coefficient (Wildman–Crippen LogP) is 1.56. The van der Waals surface area contributed by atoms with E-state index in [0.717, 1.165) is 12.8 Å². The van der Waals surface area contributed by atoms with Crippen LogP contribution in [0.2, 0.25) is 0 Å². The first-order valence-electron chi connectivity index (χ1n) is 6.54. The maximum atomic E-state index is 11.9. The zero-order valence-corrected chi connectivity index (χ0v) is 11.2. The fourth-order valence-electron chi connectivity index (χ4n) is 2.42. The largest absolute Gasteiger partial charge is 0.396 e. The van der Waals surface area contributed by atoms with Crippen LogP contribution in [0, 0.1) is 0 Å². The van der Waals surface area contributed by atoms with Gasteiger partial charge in [0.25, 0.3) is 0 Å². The highest BCUT2D eigenvalue weighted by Gasteiger charge is 2.33. The molecule has 0 aliphatic carbocycles. The summed E-state index contributed by atoms with van der Waals surface area (Å²) in [5, 5.41) is 8.91. The average Bonchev–Trinajstić information content (AvgIpc) is 2.28. The predicted molar refractivity (Wildman–Crippen MR) is 66.8 cm³/mol. The molecule has 0 unspecified atom stereocenters. The van der Waals surface area contributed by atoms with Crippen LogP contribution in [0.25, 0.3) is 0 Å². The Balaban J connectivity index is 2.64. The third kappa shape index (κ3) is 4.28. The molecular formula is C13H25NO3. The number of aliphatic hydroxyl groups excluding tert-OH is 1. The third-order valence-electron chi connectivity index (χ3n) is 3.29. The highest BCUT2D eigenvalue weighted by atomic mass is 16.5. The van der Waals surface area contributed by atoms with E-state index >= 15 is 0 Å². The molecule has 1 saturated heterocycles. The minimum Gasteiger partial charge on any atom is -0.396 e. The van der Waals surface area contributed by atoms with Gasteiger partial charge in [0.1, 0.15) is 0 Å². The summed E-state index contributed by atoms with van der Waals surface area (Å²) in [6.45, 7) is 7.53. The minimum absolute atomic E-state index is 0.139. The molecule has 17 heavy (non-hydrogen) atoms. The maximum absolute atomic E-state index is 11.9. The molecule has 0 saturated carbocycles. The van der Waals surface area contributed by atoms with Gasteiger partial charge in [0, 0.05) is 32.2 Å². The van der Waals surface area contributed by atoms with Crippen LogP contribution < -0.4 is 0 Å². The van der Waals surface area contributed by atoms with Crippen molar-refractivity contribution >= 4 is 5.91 Å². The first-order valence-corrected chi connectivity index (χ1v) is 6.54. The van der Waals surface area contributed by atoms with Crippen molar-refractivity contribution in [3.05, 3.63) is 0 Å². The van der Waals surface area contributed by atoms with Crippen LogP contribution in [0.15, 0.2) is 0 Å². The number of carbonyl (C=O) groups is 1. The van der Waals surface area contributed by atoms with E-state index in [1.807, 2.05) is 11.8 Å². The van der Waals surface area contributed by atoms with E-state index < -0.39 is 0 Å². The summed E-state index contributed by atoms with van der Waals surface area (Å²) in [6, 6.07) is 0.262. The second kappa shape index (κ2) is 6.36. The van der Waals surface area contributed by atoms with Crippen LogP contribution in [0.3, 0.4) is 0 Å². The zero-order chi connectivity index (χ0) is 12.9. The molecule has 1 amide bonds. The molecule has 1 aliphatic rings. The van der Waals surface area contributed by atoms with Crippen molar-refractivity contribution in [3.8, 4) is 0 Å². The van der Waals surface area contributed by atoms with Crippen molar-refractivity contribution in [3.63, 3.8) is 0 Å². The molecule has 1 heterocycles. The standard InChI is InChI=1S/C13H25NO3/c1-4-12(16)14(7-5-8-15)11-6-9-17-13(2,3)10-11/h11,15H,4-10H2,1-3H3/t11-/m1/s1. The van der Waals surface area contributed by atoms with Crippen molar-refractivity contribution in [1.29, 1.82) is 0 Å². The molecule has 0 aromatic rings. The lowest BCUT2D eigenvalue weighted by Gasteiger charge is -2.41. The first-order chi connectivity index (χ1) is 8.00. The van der Waals surface area contributed by atoms with Gasteiger partial charge in [-0.25, -0.2) is 0 Å². The van der Waals surface area contributed by atoms with Gasteiger partial charge in [-0.2, -0.15) is 0 Å². The molecule has 1 N–H and O–H groups in total. The van der Waals surface area contributed by atoms with Crippen molar-refractivity contribution < 1.29 is 14.6 Å². The van der Waals surface area contributed by atoms with E-state index in [1.54, 1.807) is 0 Å². The van der Waals surface area contributed by atoms with Crippen LogP contribution in [0.1, 0.15) is 46.5 Å². The Morgan fingerprint density at radius 3 is 2.76 bits per heavy atom. The van der Waals surface area contributed by atoms with Gasteiger partial charge in [0.2, 0.25) is 5.91 Å². The van der Waals surface area contributed by atoms with Crippen molar-refractivity contribution in [2.24, 2.45) is 0 Å². The summed E-state index contributed by atoms with van der Waals surface area (Å²) in [6.07, 6.45) is 2.97. The minimum atomic E-state index is -0.144. The Morgan fingerprint density at radius 1 is 1.53 bits per heavy atom. The number of rotatable bonds is 5. The number of carbonyl (C=O) groups excluding carboxylic acids is 1. The van der Waals surface area contributed by atoms with Gasteiger partial charge in [-0.05, 0) is 33.1 Å². The van der Waals surface area contributed by atoms with Crippen molar-refractivity contribution in [1.82, 2.24) is 4.90 Å². The molecule has 1 aliphatic heterocycles. The Labute approximate surface area is 104 Å². The van der Waals surface area contributed by atoms with E-state index in [4.69, 9.17) is 9.84 Å². The number of aliphatic hydroxyl groups is 1. The van der Waals surface area contributed by atoms with E-state index in [2.05, 4.69) is 13.8 Å². The second-order valence-electron chi connectivity index (χ2n) is 5.27. The van der Waals surface area contributed by atoms with Gasteiger partial charge in [-0.15, -0.1) is 0 Å². The highest BCUT2D eigenvalue weighted by molar-refractivity contribution is 5.76. The van der Waals surface area contributed by atoms with Gasteiger partial charge in [0.05, 0.1) is 5.60 Å². The topological polar surface area (TPSA) is 49.8 Å². The Morgan fingerprint density at radius 2 is 2.24 bits per heavy atom. The van der Waals surface area contributed by atoms with Gasteiger partial charge < -0.3 is 14.7 Å². The van der Waals surface area contributed by atoms with E-state index in [0.29, 0.717) is 26.0 Å². The van der Waals surface area contributed by atoms with E-state index in [1.165, 1.54) is 0 Å². The summed E-state index contributed by atoms with van der Waals surface area (Å²) in [4.78, 5) is 13.9.